The van der Waals surface area contributed by atoms with E-state index < -0.39 is 0 Å². The minimum absolute atomic E-state index is 0.0698. The van der Waals surface area contributed by atoms with Gasteiger partial charge >= 0.3 is 0 Å². The number of aromatic nitrogens is 2. The van der Waals surface area contributed by atoms with E-state index in [1.54, 1.807) is 0 Å². The second-order valence-electron chi connectivity index (χ2n) is 8.56. The lowest BCUT2D eigenvalue weighted by Gasteiger charge is -2.23. The first-order valence-electron chi connectivity index (χ1n) is 11.2. The van der Waals surface area contributed by atoms with Crippen LogP contribution >= 0.6 is 0 Å². The Morgan fingerprint density at radius 2 is 1.72 bits per heavy atom. The van der Waals surface area contributed by atoms with Gasteiger partial charge in [-0.25, -0.2) is 4.98 Å². The van der Waals surface area contributed by atoms with Crippen molar-refractivity contribution < 1.29 is 4.79 Å². The van der Waals surface area contributed by atoms with Crippen LogP contribution in [0, 0.1) is 12.8 Å². The molecule has 1 N–H and O–H groups in total. The maximum absolute atomic E-state index is 12.8. The SMILES string of the molecule is Cc1nc2ccccn2c1CN1CCNC(=O)[C@H](Cc2ccc(-c3ccccc3)cc2)C1. The first kappa shape index (κ1) is 20.5. The molecule has 4 aromatic rings. The Kier molecular flexibility index (Phi) is 5.73. The van der Waals surface area contributed by atoms with Crippen molar-refractivity contribution in [2.24, 2.45) is 5.92 Å². The first-order valence-corrected chi connectivity index (χ1v) is 11.2. The minimum atomic E-state index is -0.0698. The third-order valence-corrected chi connectivity index (χ3v) is 6.32. The van der Waals surface area contributed by atoms with Crippen LogP contribution in [0.2, 0.25) is 0 Å². The standard InChI is InChI=1S/C27H28N4O/c1-20-25(31-15-6-5-9-26(31)29-20)19-30-16-14-28-27(32)24(18-30)17-21-10-12-23(13-11-21)22-7-3-2-4-8-22/h2-13,15,24H,14,16-19H2,1H3,(H,28,32)/t24-/m1/s1. The number of hydrogen-bond donors (Lipinski definition) is 1. The number of pyridine rings is 1. The Morgan fingerprint density at radius 1 is 0.969 bits per heavy atom. The first-order chi connectivity index (χ1) is 15.7. The van der Waals surface area contributed by atoms with Crippen LogP contribution < -0.4 is 5.32 Å². The number of nitrogens with one attached hydrogen (secondary N) is 1. The maximum atomic E-state index is 12.8. The van der Waals surface area contributed by atoms with Crippen LogP contribution in [-0.4, -0.2) is 39.8 Å². The quantitative estimate of drug-likeness (QED) is 0.525. The molecule has 5 heteroatoms. The van der Waals surface area contributed by atoms with Crippen LogP contribution in [0.1, 0.15) is 17.0 Å². The summed E-state index contributed by atoms with van der Waals surface area (Å²) in [5, 5.41) is 3.11. The molecule has 1 fully saturated rings. The van der Waals surface area contributed by atoms with Gasteiger partial charge in [0.15, 0.2) is 0 Å². The molecule has 1 aliphatic heterocycles. The molecule has 1 atom stereocenters. The molecular weight excluding hydrogens is 396 g/mol. The van der Waals surface area contributed by atoms with Gasteiger partial charge in [-0.3, -0.25) is 9.69 Å². The van der Waals surface area contributed by atoms with E-state index in [-0.39, 0.29) is 11.8 Å². The van der Waals surface area contributed by atoms with Gasteiger partial charge in [-0.05, 0) is 42.2 Å². The lowest BCUT2D eigenvalue weighted by atomic mass is 9.96. The number of benzene rings is 2. The van der Waals surface area contributed by atoms with Crippen LogP contribution in [0.3, 0.4) is 0 Å². The van der Waals surface area contributed by atoms with Crippen LogP contribution in [0.25, 0.3) is 16.8 Å². The lowest BCUT2D eigenvalue weighted by Crippen LogP contribution is -2.33. The third-order valence-electron chi connectivity index (χ3n) is 6.32. The van der Waals surface area contributed by atoms with Gasteiger partial charge in [-0.1, -0.05) is 60.7 Å². The van der Waals surface area contributed by atoms with Crippen molar-refractivity contribution in [2.45, 2.75) is 19.9 Å². The Bertz CT molecular complexity index is 1210. The molecule has 0 saturated carbocycles. The molecule has 0 bridgehead atoms. The van der Waals surface area contributed by atoms with E-state index in [0.29, 0.717) is 6.54 Å². The van der Waals surface area contributed by atoms with Gasteiger partial charge in [0.25, 0.3) is 0 Å². The summed E-state index contributed by atoms with van der Waals surface area (Å²) in [6, 6.07) is 25.1. The lowest BCUT2D eigenvalue weighted by molar-refractivity contribution is -0.124. The van der Waals surface area contributed by atoms with E-state index in [4.69, 9.17) is 4.98 Å². The zero-order valence-corrected chi connectivity index (χ0v) is 18.4. The fourth-order valence-corrected chi connectivity index (χ4v) is 4.58. The van der Waals surface area contributed by atoms with E-state index in [0.717, 1.165) is 37.4 Å². The van der Waals surface area contributed by atoms with Crippen molar-refractivity contribution in [3.8, 4) is 11.1 Å². The average Bonchev–Trinajstić information content (AvgIpc) is 3.03. The summed E-state index contributed by atoms with van der Waals surface area (Å²) in [4.78, 5) is 19.8. The number of fused-ring (bicyclic) bond motifs is 1. The van der Waals surface area contributed by atoms with Crippen molar-refractivity contribution >= 4 is 11.6 Å². The zero-order chi connectivity index (χ0) is 21.9. The molecule has 2 aromatic heterocycles. The monoisotopic (exact) mass is 424 g/mol. The fraction of sp³-hybridized carbons (Fsp3) is 0.259. The highest BCUT2D eigenvalue weighted by Gasteiger charge is 2.26. The molecule has 5 nitrogen and oxygen atoms in total. The van der Waals surface area contributed by atoms with E-state index in [9.17, 15) is 4.79 Å². The highest BCUT2D eigenvalue weighted by molar-refractivity contribution is 5.79. The number of hydrogen-bond acceptors (Lipinski definition) is 3. The van der Waals surface area contributed by atoms with Gasteiger partial charge in [0, 0.05) is 32.4 Å². The number of amides is 1. The van der Waals surface area contributed by atoms with E-state index >= 15 is 0 Å². The highest BCUT2D eigenvalue weighted by atomic mass is 16.1. The molecule has 0 spiro atoms. The summed E-state index contributed by atoms with van der Waals surface area (Å²) < 4.78 is 2.16. The zero-order valence-electron chi connectivity index (χ0n) is 18.4. The number of nitrogens with zero attached hydrogens (tertiary/aromatic N) is 3. The molecule has 0 radical (unpaired) electrons. The summed E-state index contributed by atoms with van der Waals surface area (Å²) in [6.07, 6.45) is 2.81. The topological polar surface area (TPSA) is 49.6 Å². The third kappa shape index (κ3) is 4.30. The van der Waals surface area contributed by atoms with Crippen LogP contribution in [0.15, 0.2) is 79.0 Å². The molecule has 1 amide bonds. The van der Waals surface area contributed by atoms with Gasteiger partial charge in [-0.15, -0.1) is 0 Å². The largest absolute Gasteiger partial charge is 0.355 e. The normalized spacial score (nSPS) is 17.3. The summed E-state index contributed by atoms with van der Waals surface area (Å²) in [5.74, 6) is 0.0778. The Hall–Kier alpha value is -3.44. The number of carbonyl (C=O) groups is 1. The predicted molar refractivity (Wildman–Crippen MR) is 127 cm³/mol. The Morgan fingerprint density at radius 3 is 2.53 bits per heavy atom. The Labute approximate surface area is 188 Å². The molecule has 162 valence electrons. The van der Waals surface area contributed by atoms with Crippen molar-refractivity contribution in [1.29, 1.82) is 0 Å². The number of carbonyl (C=O) groups excluding carboxylic acids is 1. The van der Waals surface area contributed by atoms with Gasteiger partial charge in [0.2, 0.25) is 5.91 Å². The molecule has 5 rings (SSSR count). The maximum Gasteiger partial charge on any atom is 0.224 e. The van der Waals surface area contributed by atoms with Gasteiger partial charge in [-0.2, -0.15) is 0 Å². The van der Waals surface area contributed by atoms with Gasteiger partial charge in [0.05, 0.1) is 17.3 Å². The summed E-state index contributed by atoms with van der Waals surface area (Å²) in [7, 11) is 0. The predicted octanol–water partition coefficient (Wildman–Crippen LogP) is 4.10. The van der Waals surface area contributed by atoms with Crippen molar-refractivity contribution in [2.75, 3.05) is 19.6 Å². The van der Waals surface area contributed by atoms with Gasteiger partial charge in [0.1, 0.15) is 5.65 Å². The second kappa shape index (κ2) is 8.97. The number of imidazole rings is 1. The Balaban J connectivity index is 1.31. The van der Waals surface area contributed by atoms with Crippen LogP contribution in [0.4, 0.5) is 0 Å². The second-order valence-corrected chi connectivity index (χ2v) is 8.56. The molecule has 0 aliphatic carbocycles. The molecule has 1 saturated heterocycles. The van der Waals surface area contributed by atoms with E-state index in [1.165, 1.54) is 22.4 Å². The summed E-state index contributed by atoms with van der Waals surface area (Å²) in [6.45, 7) is 5.11. The molecule has 32 heavy (non-hydrogen) atoms. The fourth-order valence-electron chi connectivity index (χ4n) is 4.58. The highest BCUT2D eigenvalue weighted by Crippen LogP contribution is 2.22. The number of rotatable bonds is 5. The van der Waals surface area contributed by atoms with Gasteiger partial charge < -0.3 is 9.72 Å². The average molecular weight is 425 g/mol. The van der Waals surface area contributed by atoms with Crippen LogP contribution in [-0.2, 0) is 17.8 Å². The summed E-state index contributed by atoms with van der Waals surface area (Å²) >= 11 is 0. The molecule has 0 unspecified atom stereocenters. The van der Waals surface area contributed by atoms with Crippen molar-refractivity contribution in [1.82, 2.24) is 19.6 Å². The molecule has 2 aromatic carbocycles. The van der Waals surface area contributed by atoms with E-state index in [1.807, 2.05) is 24.3 Å². The number of aryl methyl sites for hydroxylation is 1. The molecular formula is C27H28N4O. The minimum Gasteiger partial charge on any atom is -0.355 e. The smallest absolute Gasteiger partial charge is 0.224 e. The molecule has 3 heterocycles. The van der Waals surface area contributed by atoms with Crippen molar-refractivity contribution in [3.63, 3.8) is 0 Å². The molecule has 1 aliphatic rings. The van der Waals surface area contributed by atoms with Crippen molar-refractivity contribution in [3.05, 3.63) is 95.9 Å². The summed E-state index contributed by atoms with van der Waals surface area (Å²) in [5.41, 5.74) is 6.82. The van der Waals surface area contributed by atoms with E-state index in [2.05, 4.69) is 76.3 Å². The van der Waals surface area contributed by atoms with Crippen LogP contribution in [0.5, 0.6) is 0 Å².